The van der Waals surface area contributed by atoms with Gasteiger partial charge in [-0.05, 0) is 70.5 Å². The number of rotatable bonds is 12. The van der Waals surface area contributed by atoms with E-state index >= 15 is 0 Å². The van der Waals surface area contributed by atoms with Crippen LogP contribution < -0.4 is 14.8 Å². The van der Waals surface area contributed by atoms with Gasteiger partial charge in [-0.2, -0.15) is 5.10 Å². The fourth-order valence-electron chi connectivity index (χ4n) is 4.16. The van der Waals surface area contributed by atoms with E-state index in [2.05, 4.69) is 43.0 Å². The van der Waals surface area contributed by atoms with Crippen LogP contribution in [0.25, 0.3) is 0 Å². The van der Waals surface area contributed by atoms with Gasteiger partial charge < -0.3 is 14.2 Å². The first-order valence-electron chi connectivity index (χ1n) is 12.8. The average molecular weight is 543 g/mol. The summed E-state index contributed by atoms with van der Waals surface area (Å²) in [5.74, 6) is 1.77. The monoisotopic (exact) mass is 542 g/mol. The Morgan fingerprint density at radius 2 is 1.82 bits per heavy atom. The first kappa shape index (κ1) is 29.3. The highest BCUT2D eigenvalue weighted by atomic mass is 32.2. The third-order valence-corrected chi connectivity index (χ3v) is 6.90. The van der Waals surface area contributed by atoms with Gasteiger partial charge in [0.1, 0.15) is 6.61 Å². The van der Waals surface area contributed by atoms with Gasteiger partial charge in [-0.1, -0.05) is 23.9 Å². The molecule has 3 rings (SSSR count). The Balaban J connectivity index is 1.59. The maximum atomic E-state index is 12.6. The predicted molar refractivity (Wildman–Crippen MR) is 152 cm³/mol. The fourth-order valence-corrected chi connectivity index (χ4v) is 4.90. The van der Waals surface area contributed by atoms with Crippen molar-refractivity contribution in [3.63, 3.8) is 0 Å². The summed E-state index contributed by atoms with van der Waals surface area (Å²) in [6.45, 7) is 12.2. The van der Waals surface area contributed by atoms with Crippen LogP contribution in [0, 0.1) is 0 Å². The number of ether oxygens (including phenoxy) is 3. The van der Waals surface area contributed by atoms with Gasteiger partial charge in [0.05, 0.1) is 26.0 Å². The SMILES string of the molecule is CCOc1cc(C2=NN(Cc3ccc(NC(=O)OCCN(C(C)C)C(C)C)cc3)C(=O)SC2)ccc1OC. The first-order chi connectivity index (χ1) is 18.2. The van der Waals surface area contributed by atoms with Crippen LogP contribution in [0.2, 0.25) is 0 Å². The minimum Gasteiger partial charge on any atom is -0.493 e. The van der Waals surface area contributed by atoms with E-state index in [0.29, 0.717) is 61.3 Å². The zero-order chi connectivity index (χ0) is 27.7. The van der Waals surface area contributed by atoms with Crippen LogP contribution in [0.15, 0.2) is 47.6 Å². The van der Waals surface area contributed by atoms with Gasteiger partial charge >= 0.3 is 11.3 Å². The standard InChI is InChI=1S/C28H38N4O5S/c1-7-36-26-16-22(10-13-25(26)35-6)24-18-38-28(34)32(30-24)17-21-8-11-23(12-9-21)29-27(33)37-15-14-31(19(2)3)20(4)5/h8-13,16,19-20H,7,14-15,17-18H2,1-6H3,(H,29,33). The molecule has 0 spiro atoms. The van der Waals surface area contributed by atoms with Gasteiger partial charge in [-0.25, -0.2) is 9.80 Å². The number of anilines is 1. The van der Waals surface area contributed by atoms with Crippen LogP contribution in [-0.2, 0) is 11.3 Å². The van der Waals surface area contributed by atoms with E-state index in [-0.39, 0.29) is 5.24 Å². The van der Waals surface area contributed by atoms with Crippen molar-refractivity contribution < 1.29 is 23.8 Å². The molecule has 2 amide bonds. The normalized spacial score (nSPS) is 13.7. The Labute approximate surface area is 229 Å². The summed E-state index contributed by atoms with van der Waals surface area (Å²) >= 11 is 1.21. The first-order valence-corrected chi connectivity index (χ1v) is 13.8. The van der Waals surface area contributed by atoms with Crippen molar-refractivity contribution in [3.05, 3.63) is 53.6 Å². The van der Waals surface area contributed by atoms with Gasteiger partial charge in [0.2, 0.25) is 0 Å². The summed E-state index contributed by atoms with van der Waals surface area (Å²) < 4.78 is 16.4. The molecule has 2 aromatic carbocycles. The molecule has 1 aliphatic heterocycles. The Kier molecular flexibility index (Phi) is 10.8. The third-order valence-electron chi connectivity index (χ3n) is 6.02. The number of hydrogen-bond donors (Lipinski definition) is 1. The minimum atomic E-state index is -0.493. The van der Waals surface area contributed by atoms with E-state index in [0.717, 1.165) is 16.8 Å². The Morgan fingerprint density at radius 1 is 1.11 bits per heavy atom. The zero-order valence-corrected chi connectivity index (χ0v) is 23.8. The number of benzene rings is 2. The molecule has 1 N–H and O–H groups in total. The molecule has 0 aromatic heterocycles. The summed E-state index contributed by atoms with van der Waals surface area (Å²) in [7, 11) is 1.60. The zero-order valence-electron chi connectivity index (χ0n) is 23.0. The molecule has 1 aliphatic rings. The lowest BCUT2D eigenvalue weighted by atomic mass is 10.1. The van der Waals surface area contributed by atoms with E-state index in [1.165, 1.54) is 16.8 Å². The number of carbonyl (C=O) groups is 2. The number of carbonyl (C=O) groups excluding carboxylic acids is 2. The topological polar surface area (TPSA) is 92.7 Å². The lowest BCUT2D eigenvalue weighted by Gasteiger charge is -2.30. The smallest absolute Gasteiger partial charge is 0.411 e. The number of amides is 2. The van der Waals surface area contributed by atoms with Crippen molar-refractivity contribution in [3.8, 4) is 11.5 Å². The second kappa shape index (κ2) is 14.1. The molecule has 9 nitrogen and oxygen atoms in total. The molecule has 10 heteroatoms. The van der Waals surface area contributed by atoms with Crippen LogP contribution in [0.4, 0.5) is 15.3 Å². The van der Waals surface area contributed by atoms with Crippen LogP contribution in [0.3, 0.4) is 0 Å². The fraction of sp³-hybridized carbons (Fsp3) is 0.464. The van der Waals surface area contributed by atoms with Crippen molar-refractivity contribution in [2.45, 2.75) is 53.2 Å². The van der Waals surface area contributed by atoms with Crippen LogP contribution in [0.5, 0.6) is 11.5 Å². The van der Waals surface area contributed by atoms with E-state index in [1.54, 1.807) is 19.2 Å². The lowest BCUT2D eigenvalue weighted by Crippen LogP contribution is -2.39. The number of hydrazone groups is 1. The summed E-state index contributed by atoms with van der Waals surface area (Å²) in [4.78, 5) is 27.0. The van der Waals surface area contributed by atoms with Gasteiger partial charge in [0.25, 0.3) is 0 Å². The summed E-state index contributed by atoms with van der Waals surface area (Å²) in [5.41, 5.74) is 3.17. The lowest BCUT2D eigenvalue weighted by molar-refractivity contribution is 0.111. The van der Waals surface area contributed by atoms with Crippen LogP contribution in [0.1, 0.15) is 45.7 Å². The van der Waals surface area contributed by atoms with Crippen molar-refractivity contribution in [1.29, 1.82) is 0 Å². The molecule has 0 radical (unpaired) electrons. The van der Waals surface area contributed by atoms with E-state index in [9.17, 15) is 9.59 Å². The minimum absolute atomic E-state index is 0.116. The van der Waals surface area contributed by atoms with E-state index < -0.39 is 6.09 Å². The van der Waals surface area contributed by atoms with Gasteiger partial charge in [0.15, 0.2) is 11.5 Å². The maximum absolute atomic E-state index is 12.6. The largest absolute Gasteiger partial charge is 0.493 e. The molecule has 0 bridgehead atoms. The molecule has 38 heavy (non-hydrogen) atoms. The molecule has 1 heterocycles. The van der Waals surface area contributed by atoms with Crippen molar-refractivity contribution in [2.24, 2.45) is 5.10 Å². The van der Waals surface area contributed by atoms with E-state index in [1.807, 2.05) is 37.3 Å². The van der Waals surface area contributed by atoms with Crippen molar-refractivity contribution in [1.82, 2.24) is 9.91 Å². The van der Waals surface area contributed by atoms with Crippen LogP contribution in [-0.4, -0.2) is 71.7 Å². The summed E-state index contributed by atoms with van der Waals surface area (Å²) in [5, 5.41) is 8.71. The number of thioether (sulfide) groups is 1. The average Bonchev–Trinajstić information content (AvgIpc) is 2.88. The molecular weight excluding hydrogens is 504 g/mol. The van der Waals surface area contributed by atoms with Gasteiger partial charge in [-0.15, -0.1) is 0 Å². The van der Waals surface area contributed by atoms with Gasteiger partial charge in [-0.3, -0.25) is 15.0 Å². The maximum Gasteiger partial charge on any atom is 0.411 e. The highest BCUT2D eigenvalue weighted by Gasteiger charge is 2.23. The summed E-state index contributed by atoms with van der Waals surface area (Å²) in [6, 6.07) is 13.7. The van der Waals surface area contributed by atoms with Gasteiger partial charge in [0, 0.05) is 35.6 Å². The molecule has 0 aliphatic carbocycles. The predicted octanol–water partition coefficient (Wildman–Crippen LogP) is 5.83. The molecular formula is C28H38N4O5S. The molecule has 0 fully saturated rings. The number of nitrogens with one attached hydrogen (secondary N) is 1. The highest BCUT2D eigenvalue weighted by molar-refractivity contribution is 8.14. The van der Waals surface area contributed by atoms with Crippen LogP contribution >= 0.6 is 11.8 Å². The second-order valence-electron chi connectivity index (χ2n) is 9.34. The number of methoxy groups -OCH3 is 1. The Morgan fingerprint density at radius 3 is 2.45 bits per heavy atom. The molecule has 0 saturated carbocycles. The highest BCUT2D eigenvalue weighted by Crippen LogP contribution is 2.30. The van der Waals surface area contributed by atoms with Crippen molar-refractivity contribution >= 4 is 34.5 Å². The molecule has 0 saturated heterocycles. The molecule has 206 valence electrons. The Bertz CT molecular complexity index is 1110. The van der Waals surface area contributed by atoms with E-state index in [4.69, 9.17) is 14.2 Å². The quantitative estimate of drug-likeness (QED) is 0.360. The number of nitrogens with zero attached hydrogens (tertiary/aromatic N) is 3. The molecule has 2 aromatic rings. The number of hydrogen-bond acceptors (Lipinski definition) is 8. The Hall–Kier alpha value is -3.24. The van der Waals surface area contributed by atoms with Crippen molar-refractivity contribution in [2.75, 3.05) is 37.9 Å². The molecule has 0 atom stereocenters. The molecule has 0 unspecified atom stereocenters. The summed E-state index contributed by atoms with van der Waals surface area (Å²) in [6.07, 6.45) is -0.493. The second-order valence-corrected chi connectivity index (χ2v) is 10.3. The third kappa shape index (κ3) is 8.13.